The molecule has 9 aromatic heterocycles. The molecule has 0 radical (unpaired) electrons. The topological polar surface area (TPSA) is 54.2 Å². The molecule has 0 bridgehead atoms. The van der Waals surface area contributed by atoms with E-state index in [1.807, 2.05) is 34.0 Å². The number of rotatable bonds is 9. The first kappa shape index (κ1) is 76.9. The van der Waals surface area contributed by atoms with Crippen LogP contribution in [-0.2, 0) is 0 Å². The van der Waals surface area contributed by atoms with Crippen LogP contribution in [0.3, 0.4) is 0 Å². The third-order valence-corrected chi connectivity index (χ3v) is 31.4. The minimum atomic E-state index is 0.913. The van der Waals surface area contributed by atoms with E-state index in [9.17, 15) is 0 Å². The molecular formula is C126H75N3O3S3. The summed E-state index contributed by atoms with van der Waals surface area (Å²) in [6, 6.07) is 164. The third-order valence-electron chi connectivity index (χ3n) is 27.6. The van der Waals surface area contributed by atoms with E-state index >= 15 is 0 Å². The second kappa shape index (κ2) is 30.9. The Hall–Kier alpha value is -16.9. The standard InChI is InChI=1S/3C42H25NOS/c1-2-13-27(14-3-1)43-36-22-9-8-18-33(36)42-39(43)35-21-10-20-32(41(35)45-42)30-17-7-6-16-29(30)31-19-11-23-37-38(31)34-25-24-26-12-4-5-15-28(26)40(34)44-37;1-2-13-29(14-3-1)43-37-20-9-8-17-34(37)42-40(43)35-19-10-18-33(41(35)45-42)31-16-7-6-15-30(31)28-21-22-32-36-23-26-11-4-5-12-27(26)24-39(36)44-38(32)25-28;1-2-12-28(13-3-1)43-36-20-9-8-17-33(36)42-40(43)35-19-10-18-32(41(35)45-42)31-16-7-6-14-29(31)27-21-23-34-38(25-27)44-37-24-22-26-11-4-5-15-30(26)39(34)37/h3*1-25H. The number of para-hydroxylation sites is 6. The summed E-state index contributed by atoms with van der Waals surface area (Å²) in [5, 5.41) is 21.9. The molecule has 0 fully saturated rings. The molecule has 630 valence electrons. The van der Waals surface area contributed by atoms with E-state index in [1.54, 1.807) is 0 Å². The van der Waals surface area contributed by atoms with Crippen LogP contribution in [0.1, 0.15) is 0 Å². The first-order chi connectivity index (χ1) is 67.0. The summed E-state index contributed by atoms with van der Waals surface area (Å²) in [5.74, 6) is 0. The first-order valence-electron chi connectivity index (χ1n) is 45.8. The molecule has 0 spiro atoms. The predicted molar refractivity (Wildman–Crippen MR) is 575 cm³/mol. The summed E-state index contributed by atoms with van der Waals surface area (Å²) in [7, 11) is 0. The highest BCUT2D eigenvalue weighted by Crippen LogP contribution is 2.54. The molecular weight excluding hydrogens is 1700 g/mol. The molecule has 6 nitrogen and oxygen atoms in total. The van der Waals surface area contributed by atoms with Crippen molar-refractivity contribution in [2.45, 2.75) is 0 Å². The Bertz CT molecular complexity index is 10100. The Morgan fingerprint density at radius 1 is 0.163 bits per heavy atom. The van der Waals surface area contributed by atoms with E-state index in [-0.39, 0.29) is 0 Å². The van der Waals surface area contributed by atoms with Gasteiger partial charge in [-0.3, -0.25) is 0 Å². The van der Waals surface area contributed by atoms with Gasteiger partial charge < -0.3 is 27.0 Å². The maximum atomic E-state index is 6.57. The number of hydrogen-bond acceptors (Lipinski definition) is 6. The molecule has 0 saturated heterocycles. The van der Waals surface area contributed by atoms with Crippen LogP contribution in [0.2, 0.25) is 0 Å². The van der Waals surface area contributed by atoms with Crippen molar-refractivity contribution in [3.8, 4) is 83.8 Å². The Balaban J connectivity index is 0.000000101. The second-order valence-corrected chi connectivity index (χ2v) is 38.1. The minimum Gasteiger partial charge on any atom is -0.456 e. The normalized spacial score (nSPS) is 12.0. The van der Waals surface area contributed by atoms with Crippen molar-refractivity contribution in [3.05, 3.63) is 455 Å². The van der Waals surface area contributed by atoms with Gasteiger partial charge in [-0.1, -0.05) is 346 Å². The summed E-state index contributed by atoms with van der Waals surface area (Å²) < 4.78 is 34.7. The molecule has 0 atom stereocenters. The molecule has 0 N–H and O–H groups in total. The number of fused-ring (bicyclic) bond motifs is 29. The maximum absolute atomic E-state index is 6.57. The van der Waals surface area contributed by atoms with E-state index < -0.39 is 0 Å². The molecule has 0 aliphatic carbocycles. The van der Waals surface area contributed by atoms with Gasteiger partial charge in [-0.15, -0.1) is 34.0 Å². The van der Waals surface area contributed by atoms with Gasteiger partial charge in [0.1, 0.15) is 33.5 Å². The summed E-state index contributed by atoms with van der Waals surface area (Å²) in [4.78, 5) is 0. The fraction of sp³-hybridized carbons (Fsp3) is 0. The largest absolute Gasteiger partial charge is 0.456 e. The van der Waals surface area contributed by atoms with Gasteiger partial charge >= 0.3 is 0 Å². The number of hydrogen-bond donors (Lipinski definition) is 0. The van der Waals surface area contributed by atoms with Crippen LogP contribution < -0.4 is 0 Å². The van der Waals surface area contributed by atoms with Crippen LogP contribution in [0.5, 0.6) is 0 Å². The van der Waals surface area contributed by atoms with Gasteiger partial charge in [0.15, 0.2) is 0 Å². The predicted octanol–water partition coefficient (Wildman–Crippen LogP) is 37.2. The van der Waals surface area contributed by atoms with Crippen LogP contribution in [0.25, 0.3) is 276 Å². The highest BCUT2D eigenvalue weighted by atomic mass is 32.1. The zero-order chi connectivity index (χ0) is 88.5. The Morgan fingerprint density at radius 2 is 0.496 bits per heavy atom. The van der Waals surface area contributed by atoms with Gasteiger partial charge in [-0.2, -0.15) is 0 Å². The van der Waals surface area contributed by atoms with Crippen molar-refractivity contribution in [1.29, 1.82) is 0 Å². The highest BCUT2D eigenvalue weighted by molar-refractivity contribution is 7.28. The van der Waals surface area contributed by atoms with Crippen molar-refractivity contribution in [1.82, 2.24) is 13.7 Å². The minimum absolute atomic E-state index is 0.913. The molecule has 0 unspecified atom stereocenters. The van der Waals surface area contributed by atoms with Crippen LogP contribution in [0.4, 0.5) is 0 Å². The van der Waals surface area contributed by atoms with Crippen LogP contribution in [0.15, 0.2) is 468 Å². The highest BCUT2D eigenvalue weighted by Gasteiger charge is 2.28. The zero-order valence-corrected chi connectivity index (χ0v) is 75.0. The Kier molecular flexibility index (Phi) is 17.6. The SMILES string of the molecule is c1ccc(-n2c3ccccc3c3sc4c(-c5ccccc5-c5ccc6c(c5)oc5cc7ccccc7cc56)cccc4c32)cc1.c1ccc(-n2c3ccccc3c3sc4c(-c5ccccc5-c5ccc6c(c5)oc5ccc7ccccc7c56)cccc4c32)cc1.c1ccc(-n2c3ccccc3c3sc4c(-c5ccccc5-c5cccc6oc7c8ccccc8ccc7c56)cccc4c32)cc1. The molecule has 9 heterocycles. The second-order valence-electron chi connectivity index (χ2n) is 35.0. The fourth-order valence-corrected chi connectivity index (χ4v) is 25.7. The van der Waals surface area contributed by atoms with Crippen molar-refractivity contribution >= 4 is 226 Å². The van der Waals surface area contributed by atoms with Crippen molar-refractivity contribution in [2.75, 3.05) is 0 Å². The lowest BCUT2D eigenvalue weighted by Gasteiger charge is -2.13. The molecule has 0 aliphatic heterocycles. The van der Waals surface area contributed by atoms with E-state index in [0.717, 1.165) is 76.9 Å². The lowest BCUT2D eigenvalue weighted by atomic mass is 9.91. The van der Waals surface area contributed by atoms with Crippen LogP contribution >= 0.6 is 34.0 Å². The lowest BCUT2D eigenvalue weighted by molar-refractivity contribution is 0.669. The molecule has 0 saturated carbocycles. The number of aromatic nitrogens is 3. The fourth-order valence-electron chi connectivity index (χ4n) is 21.7. The summed E-state index contributed by atoms with van der Waals surface area (Å²) in [6.07, 6.45) is 0. The van der Waals surface area contributed by atoms with Gasteiger partial charge in [-0.25, -0.2) is 0 Å². The molecule has 30 aromatic rings. The molecule has 0 aliphatic rings. The quantitative estimate of drug-likeness (QED) is 0.145. The van der Waals surface area contributed by atoms with Crippen molar-refractivity contribution < 1.29 is 13.3 Å². The van der Waals surface area contributed by atoms with Gasteiger partial charge in [0.2, 0.25) is 0 Å². The molecule has 135 heavy (non-hydrogen) atoms. The van der Waals surface area contributed by atoms with E-state index in [0.29, 0.717) is 0 Å². The third kappa shape index (κ3) is 12.1. The summed E-state index contributed by atoms with van der Waals surface area (Å²) in [5.41, 5.74) is 31.2. The Morgan fingerprint density at radius 3 is 1.00 bits per heavy atom. The average Bonchev–Trinajstić information content (AvgIpc) is 1.56. The smallest absolute Gasteiger partial charge is 0.143 e. The molecule has 21 aromatic carbocycles. The van der Waals surface area contributed by atoms with Crippen molar-refractivity contribution in [3.63, 3.8) is 0 Å². The van der Waals surface area contributed by atoms with E-state index in [4.69, 9.17) is 13.3 Å². The molecule has 9 heteroatoms. The number of benzene rings is 21. The van der Waals surface area contributed by atoms with Gasteiger partial charge in [0.25, 0.3) is 0 Å². The number of nitrogens with zero attached hydrogens (tertiary/aromatic N) is 3. The summed E-state index contributed by atoms with van der Waals surface area (Å²) >= 11 is 5.70. The lowest BCUT2D eigenvalue weighted by Crippen LogP contribution is -1.93. The van der Waals surface area contributed by atoms with E-state index in [1.165, 1.54) is 199 Å². The van der Waals surface area contributed by atoms with Crippen molar-refractivity contribution in [2.24, 2.45) is 0 Å². The maximum Gasteiger partial charge on any atom is 0.143 e. The van der Waals surface area contributed by atoms with Gasteiger partial charge in [0, 0.05) is 118 Å². The first-order valence-corrected chi connectivity index (χ1v) is 48.3. The zero-order valence-electron chi connectivity index (χ0n) is 72.6. The number of thiophene rings is 3. The van der Waals surface area contributed by atoms with Crippen LogP contribution in [0, 0.1) is 0 Å². The van der Waals surface area contributed by atoms with Gasteiger partial charge in [-0.05, 0) is 186 Å². The van der Waals surface area contributed by atoms with Gasteiger partial charge in [0.05, 0.1) is 47.2 Å². The molecule has 30 rings (SSSR count). The summed E-state index contributed by atoms with van der Waals surface area (Å²) in [6.45, 7) is 0. The average molecular weight is 1780 g/mol. The van der Waals surface area contributed by atoms with E-state index in [2.05, 4.69) is 469 Å². The molecule has 0 amide bonds. The monoisotopic (exact) mass is 1770 g/mol. The Labute approximate surface area is 785 Å². The van der Waals surface area contributed by atoms with Crippen LogP contribution in [-0.4, -0.2) is 13.7 Å². The number of furan rings is 3.